The molecule has 1 aromatic rings. The lowest BCUT2D eigenvalue weighted by molar-refractivity contribution is -0.792. The topological polar surface area (TPSA) is 93.2 Å². The molecule has 1 aromatic carbocycles. The van der Waals surface area contributed by atoms with Crippen LogP contribution in [0, 0.1) is 0 Å². The monoisotopic (exact) mass is 413 g/mol. The minimum Gasteiger partial charge on any atom is -0.494 e. The first kappa shape index (κ1) is 22.3. The van der Waals surface area contributed by atoms with Crippen LogP contribution in [0.3, 0.4) is 0 Å². The van der Waals surface area contributed by atoms with E-state index in [0.29, 0.717) is 18.1 Å². The molecular formula is C20H30ClN2O5+. The second-order valence-electron chi connectivity index (χ2n) is 7.15. The smallest absolute Gasteiger partial charge is 0.304 e. The van der Waals surface area contributed by atoms with Crippen molar-refractivity contribution in [2.24, 2.45) is 0 Å². The van der Waals surface area contributed by atoms with Gasteiger partial charge in [0.1, 0.15) is 5.75 Å². The van der Waals surface area contributed by atoms with Crippen LogP contribution in [0.25, 0.3) is 0 Å². The van der Waals surface area contributed by atoms with Crippen molar-refractivity contribution in [2.45, 2.75) is 69.9 Å². The fraction of sp³-hybridized carbons (Fsp3) is 0.600. The molecule has 0 spiro atoms. The maximum absolute atomic E-state index is 10.5. The summed E-state index contributed by atoms with van der Waals surface area (Å²) in [5.74, 6) is 0.0210. The van der Waals surface area contributed by atoms with Gasteiger partial charge in [-0.1, -0.05) is 29.2 Å². The highest BCUT2D eigenvalue weighted by Crippen LogP contribution is 2.22. The molecule has 1 aliphatic heterocycles. The van der Waals surface area contributed by atoms with Gasteiger partial charge in [0.25, 0.3) is 0 Å². The van der Waals surface area contributed by atoms with Crippen LogP contribution >= 0.6 is 11.6 Å². The third-order valence-electron chi connectivity index (χ3n) is 4.98. The van der Waals surface area contributed by atoms with Crippen molar-refractivity contribution < 1.29 is 29.8 Å². The molecule has 2 atom stereocenters. The summed E-state index contributed by atoms with van der Waals surface area (Å²) in [5, 5.41) is 30.5. The Morgan fingerprint density at radius 1 is 1.07 bits per heavy atom. The van der Waals surface area contributed by atoms with Crippen molar-refractivity contribution >= 4 is 23.9 Å². The van der Waals surface area contributed by atoms with E-state index in [2.05, 4.69) is 0 Å². The van der Waals surface area contributed by atoms with Gasteiger partial charge >= 0.3 is 12.3 Å². The van der Waals surface area contributed by atoms with Gasteiger partial charge in [0.05, 0.1) is 6.61 Å². The molecule has 3 N–H and O–H groups in total. The SMILES string of the molecule is O=C(O)CCCCCCC1C(CCCCOc2ccc(Cl)cc2)[N+](O)=CN1O. The summed E-state index contributed by atoms with van der Waals surface area (Å²) in [6.45, 7) is 0.584. The van der Waals surface area contributed by atoms with Crippen molar-refractivity contribution in [3.05, 3.63) is 29.3 Å². The van der Waals surface area contributed by atoms with Crippen LogP contribution in [0.4, 0.5) is 0 Å². The maximum atomic E-state index is 10.5. The fourth-order valence-corrected chi connectivity index (χ4v) is 3.58. The molecule has 28 heavy (non-hydrogen) atoms. The molecule has 1 aliphatic rings. The maximum Gasteiger partial charge on any atom is 0.304 e. The van der Waals surface area contributed by atoms with Crippen LogP contribution < -0.4 is 4.74 Å². The molecule has 2 unspecified atom stereocenters. The Kier molecular flexibility index (Phi) is 9.37. The predicted molar refractivity (Wildman–Crippen MR) is 105 cm³/mol. The van der Waals surface area contributed by atoms with Crippen LogP contribution in [-0.2, 0) is 4.79 Å². The zero-order valence-electron chi connectivity index (χ0n) is 16.0. The number of carboxylic acids is 1. The Morgan fingerprint density at radius 3 is 2.46 bits per heavy atom. The molecule has 0 bridgehead atoms. The van der Waals surface area contributed by atoms with Crippen molar-refractivity contribution in [3.8, 4) is 5.75 Å². The molecule has 0 aliphatic carbocycles. The van der Waals surface area contributed by atoms with E-state index in [1.54, 1.807) is 12.1 Å². The van der Waals surface area contributed by atoms with E-state index in [9.17, 15) is 15.2 Å². The van der Waals surface area contributed by atoms with Gasteiger partial charge < -0.3 is 15.1 Å². The van der Waals surface area contributed by atoms with Gasteiger partial charge in [-0.05, 0) is 62.8 Å². The molecule has 2 rings (SSSR count). The number of benzene rings is 1. The standard InChI is InChI=1S/C20H29ClN2O5/c21-16-10-12-17(13-11-16)28-14-6-5-8-19-18(22(26)15-23(19)27)7-3-1-2-4-9-20(24)25/h10-13,15,18-19H,1-9,14H2,(H2-,24,25,26,27)/p+1. The van der Waals surface area contributed by atoms with Gasteiger partial charge in [0.15, 0.2) is 12.1 Å². The van der Waals surface area contributed by atoms with Crippen LogP contribution in [0.2, 0.25) is 5.02 Å². The Labute approximate surface area is 170 Å². The molecule has 0 aromatic heterocycles. The average Bonchev–Trinajstić information content (AvgIpc) is 2.92. The summed E-state index contributed by atoms with van der Waals surface area (Å²) >= 11 is 5.85. The fourth-order valence-electron chi connectivity index (χ4n) is 3.45. The molecule has 0 radical (unpaired) electrons. The first-order valence-corrected chi connectivity index (χ1v) is 10.2. The summed E-state index contributed by atoms with van der Waals surface area (Å²) in [5.41, 5.74) is 0. The van der Waals surface area contributed by atoms with Crippen LogP contribution in [0.5, 0.6) is 5.75 Å². The zero-order chi connectivity index (χ0) is 20.4. The molecule has 156 valence electrons. The van der Waals surface area contributed by atoms with E-state index in [1.165, 1.54) is 6.34 Å². The highest BCUT2D eigenvalue weighted by atomic mass is 35.5. The first-order chi connectivity index (χ1) is 13.5. The number of rotatable bonds is 13. The predicted octanol–water partition coefficient (Wildman–Crippen LogP) is 4.19. The summed E-state index contributed by atoms with van der Waals surface area (Å²) in [6.07, 6.45) is 8.09. The van der Waals surface area contributed by atoms with Crippen molar-refractivity contribution in [3.63, 3.8) is 0 Å². The van der Waals surface area contributed by atoms with Gasteiger partial charge in [0, 0.05) is 11.4 Å². The van der Waals surface area contributed by atoms with Crippen molar-refractivity contribution in [2.75, 3.05) is 6.61 Å². The average molecular weight is 414 g/mol. The second kappa shape index (κ2) is 11.8. The number of unbranched alkanes of at least 4 members (excludes halogenated alkanes) is 4. The largest absolute Gasteiger partial charge is 0.494 e. The number of ether oxygens (including phenoxy) is 1. The minimum atomic E-state index is -0.761. The summed E-state index contributed by atoms with van der Waals surface area (Å²) in [4.78, 5) is 10.5. The molecule has 0 saturated carbocycles. The Hall–Kier alpha value is -1.99. The van der Waals surface area contributed by atoms with Crippen LogP contribution in [0.1, 0.15) is 57.8 Å². The van der Waals surface area contributed by atoms with E-state index in [0.717, 1.165) is 60.5 Å². The van der Waals surface area contributed by atoms with Gasteiger partial charge in [-0.2, -0.15) is 0 Å². The normalized spacial score (nSPS) is 18.9. The van der Waals surface area contributed by atoms with Crippen molar-refractivity contribution in [1.29, 1.82) is 0 Å². The van der Waals surface area contributed by atoms with E-state index in [4.69, 9.17) is 21.4 Å². The lowest BCUT2D eigenvalue weighted by atomic mass is 9.97. The molecule has 1 heterocycles. The number of carbonyl (C=O) groups is 1. The molecule has 0 amide bonds. The summed E-state index contributed by atoms with van der Waals surface area (Å²) in [7, 11) is 0. The number of hydrogen-bond acceptors (Lipinski definition) is 5. The lowest BCUT2D eigenvalue weighted by Crippen LogP contribution is -2.36. The van der Waals surface area contributed by atoms with E-state index < -0.39 is 5.97 Å². The Morgan fingerprint density at radius 2 is 1.75 bits per heavy atom. The minimum absolute atomic E-state index is 0.151. The number of aliphatic carboxylic acids is 1. The number of nitrogens with zero attached hydrogens (tertiary/aromatic N) is 2. The van der Waals surface area contributed by atoms with Gasteiger partial charge in [-0.25, -0.2) is 5.21 Å². The third kappa shape index (κ3) is 7.56. The van der Waals surface area contributed by atoms with Crippen LogP contribution in [-0.4, -0.2) is 56.3 Å². The number of carboxylic acid groups (broad SMARTS) is 1. The highest BCUT2D eigenvalue weighted by Gasteiger charge is 2.41. The van der Waals surface area contributed by atoms with Gasteiger partial charge in [-0.3, -0.25) is 4.79 Å². The van der Waals surface area contributed by atoms with E-state index >= 15 is 0 Å². The molecule has 0 fully saturated rings. The first-order valence-electron chi connectivity index (χ1n) is 9.87. The van der Waals surface area contributed by atoms with Gasteiger partial charge in [0.2, 0.25) is 0 Å². The summed E-state index contributed by atoms with van der Waals surface area (Å²) < 4.78 is 6.77. The third-order valence-corrected chi connectivity index (χ3v) is 5.23. The van der Waals surface area contributed by atoms with E-state index in [1.807, 2.05) is 12.1 Å². The number of halogens is 1. The number of hydroxylamine groups is 3. The van der Waals surface area contributed by atoms with Crippen LogP contribution in [0.15, 0.2) is 24.3 Å². The molecule has 8 heteroatoms. The molecule has 0 saturated heterocycles. The van der Waals surface area contributed by atoms with Gasteiger partial charge in [-0.15, -0.1) is 5.06 Å². The Balaban J connectivity index is 1.64. The van der Waals surface area contributed by atoms with Crippen molar-refractivity contribution in [1.82, 2.24) is 5.06 Å². The summed E-state index contributed by atoms with van der Waals surface area (Å²) in [6, 6.07) is 6.94. The molecular weight excluding hydrogens is 384 g/mol. The Bertz CT molecular complexity index is 638. The number of hydrogen-bond donors (Lipinski definition) is 3. The second-order valence-corrected chi connectivity index (χ2v) is 7.59. The van der Waals surface area contributed by atoms with E-state index in [-0.39, 0.29) is 18.5 Å². The lowest BCUT2D eigenvalue weighted by Gasteiger charge is -2.17. The zero-order valence-corrected chi connectivity index (χ0v) is 16.8. The quantitative estimate of drug-likeness (QED) is 0.255. The highest BCUT2D eigenvalue weighted by molar-refractivity contribution is 6.30. The molecule has 7 nitrogen and oxygen atoms in total.